The van der Waals surface area contributed by atoms with Crippen molar-refractivity contribution in [2.75, 3.05) is 23.9 Å². The standard InChI is InChI=1S/C13H22N4O2S/c1-8(10-5-6-10)17-12(14)11(20(2,18)19)13(16-17)15-7-9-3-4-9/h8-10H,3-7,14H2,1-2H3,(H,15,16). The lowest BCUT2D eigenvalue weighted by atomic mass is 10.2. The monoisotopic (exact) mass is 298 g/mol. The molecule has 3 rings (SSSR count). The maximum absolute atomic E-state index is 12.0. The zero-order valence-corrected chi connectivity index (χ0v) is 12.8. The summed E-state index contributed by atoms with van der Waals surface area (Å²) < 4.78 is 25.6. The maximum Gasteiger partial charge on any atom is 0.182 e. The van der Waals surface area contributed by atoms with E-state index in [0.29, 0.717) is 17.7 Å². The number of sulfone groups is 1. The number of nitrogens with zero attached hydrogens (tertiary/aromatic N) is 2. The van der Waals surface area contributed by atoms with Crippen LogP contribution in [0.2, 0.25) is 0 Å². The smallest absolute Gasteiger partial charge is 0.182 e. The highest BCUT2D eigenvalue weighted by Gasteiger charge is 2.34. The summed E-state index contributed by atoms with van der Waals surface area (Å²) in [6.45, 7) is 2.83. The van der Waals surface area contributed by atoms with Crippen LogP contribution in [0.25, 0.3) is 0 Å². The number of nitrogens with two attached hydrogens (primary N) is 1. The molecule has 0 aromatic carbocycles. The van der Waals surface area contributed by atoms with Gasteiger partial charge in [-0.15, -0.1) is 0 Å². The van der Waals surface area contributed by atoms with E-state index in [2.05, 4.69) is 17.3 Å². The van der Waals surface area contributed by atoms with Crippen molar-refractivity contribution in [1.82, 2.24) is 9.78 Å². The Bertz CT molecular complexity index is 615. The average Bonchev–Trinajstić information content (AvgIpc) is 3.23. The Morgan fingerprint density at radius 2 is 2.05 bits per heavy atom. The molecular weight excluding hydrogens is 276 g/mol. The number of nitrogen functional groups attached to an aromatic ring is 1. The van der Waals surface area contributed by atoms with Crippen LogP contribution in [0.1, 0.15) is 38.6 Å². The second-order valence-electron chi connectivity index (χ2n) is 6.18. The lowest BCUT2D eigenvalue weighted by Gasteiger charge is -2.12. The molecule has 7 heteroatoms. The molecule has 112 valence electrons. The Kier molecular flexibility index (Phi) is 3.19. The Morgan fingerprint density at radius 3 is 2.55 bits per heavy atom. The Hall–Kier alpha value is -1.24. The number of rotatable bonds is 6. The molecule has 2 saturated carbocycles. The molecule has 0 spiro atoms. The van der Waals surface area contributed by atoms with Crippen molar-refractivity contribution in [1.29, 1.82) is 0 Å². The lowest BCUT2D eigenvalue weighted by molar-refractivity contribution is 0.446. The van der Waals surface area contributed by atoms with Gasteiger partial charge in [0.2, 0.25) is 0 Å². The molecule has 2 aliphatic rings. The van der Waals surface area contributed by atoms with Crippen molar-refractivity contribution in [2.24, 2.45) is 11.8 Å². The number of hydrogen-bond donors (Lipinski definition) is 2. The molecule has 1 unspecified atom stereocenters. The first-order valence-corrected chi connectivity index (χ1v) is 9.09. The maximum atomic E-state index is 12.0. The van der Waals surface area contributed by atoms with Gasteiger partial charge in [-0.1, -0.05) is 0 Å². The van der Waals surface area contributed by atoms with Gasteiger partial charge in [0.25, 0.3) is 0 Å². The molecule has 1 heterocycles. The zero-order valence-electron chi connectivity index (χ0n) is 12.0. The highest BCUT2D eigenvalue weighted by molar-refractivity contribution is 7.91. The highest BCUT2D eigenvalue weighted by atomic mass is 32.2. The minimum Gasteiger partial charge on any atom is -0.383 e. The van der Waals surface area contributed by atoms with Gasteiger partial charge in [-0.2, -0.15) is 5.10 Å². The number of hydrogen-bond acceptors (Lipinski definition) is 5. The molecule has 2 fully saturated rings. The van der Waals surface area contributed by atoms with Gasteiger partial charge in [0, 0.05) is 12.8 Å². The largest absolute Gasteiger partial charge is 0.383 e. The van der Waals surface area contributed by atoms with E-state index >= 15 is 0 Å². The molecule has 0 aliphatic heterocycles. The predicted octanol–water partition coefficient (Wildman–Crippen LogP) is 1.66. The average molecular weight is 298 g/mol. The van der Waals surface area contributed by atoms with E-state index < -0.39 is 9.84 Å². The van der Waals surface area contributed by atoms with Gasteiger partial charge in [0.05, 0.1) is 6.04 Å². The highest BCUT2D eigenvalue weighted by Crippen LogP contribution is 2.42. The first-order valence-electron chi connectivity index (χ1n) is 7.20. The van der Waals surface area contributed by atoms with E-state index in [1.165, 1.54) is 31.9 Å². The molecule has 3 N–H and O–H groups in total. The molecule has 1 aromatic rings. The molecule has 2 aliphatic carbocycles. The molecule has 0 radical (unpaired) electrons. The first kappa shape index (κ1) is 13.7. The van der Waals surface area contributed by atoms with Gasteiger partial charge in [-0.05, 0) is 44.4 Å². The van der Waals surface area contributed by atoms with Crippen LogP contribution in [0.5, 0.6) is 0 Å². The summed E-state index contributed by atoms with van der Waals surface area (Å²) in [5.41, 5.74) is 6.06. The summed E-state index contributed by atoms with van der Waals surface area (Å²) in [4.78, 5) is 0.158. The van der Waals surface area contributed by atoms with Crippen molar-refractivity contribution in [3.05, 3.63) is 0 Å². The molecule has 6 nitrogen and oxygen atoms in total. The van der Waals surface area contributed by atoms with Crippen LogP contribution in [-0.2, 0) is 9.84 Å². The Morgan fingerprint density at radius 1 is 1.40 bits per heavy atom. The third-order valence-electron chi connectivity index (χ3n) is 4.22. The van der Waals surface area contributed by atoms with Crippen LogP contribution in [0.3, 0.4) is 0 Å². The fraction of sp³-hybridized carbons (Fsp3) is 0.769. The molecule has 1 aromatic heterocycles. The van der Waals surface area contributed by atoms with Crippen molar-refractivity contribution in [3.63, 3.8) is 0 Å². The Balaban J connectivity index is 1.94. The van der Waals surface area contributed by atoms with Crippen LogP contribution in [0, 0.1) is 11.8 Å². The summed E-state index contributed by atoms with van der Waals surface area (Å²) in [6, 6.07) is 0.159. The Labute approximate surface area is 119 Å². The second-order valence-corrected chi connectivity index (χ2v) is 8.13. The fourth-order valence-electron chi connectivity index (χ4n) is 2.57. The first-order chi connectivity index (χ1) is 9.38. The summed E-state index contributed by atoms with van der Waals surface area (Å²) in [5.74, 6) is 1.91. The fourth-order valence-corrected chi connectivity index (χ4v) is 3.50. The molecule has 0 saturated heterocycles. The van der Waals surface area contributed by atoms with Crippen LogP contribution < -0.4 is 11.1 Å². The van der Waals surface area contributed by atoms with E-state index in [-0.39, 0.29) is 16.8 Å². The van der Waals surface area contributed by atoms with E-state index in [1.807, 2.05) is 0 Å². The molecular formula is C13H22N4O2S. The van der Waals surface area contributed by atoms with Crippen LogP contribution in [0.15, 0.2) is 4.90 Å². The summed E-state index contributed by atoms with van der Waals surface area (Å²) in [6.07, 6.45) is 5.93. The lowest BCUT2D eigenvalue weighted by Crippen LogP contribution is -2.13. The van der Waals surface area contributed by atoms with E-state index in [4.69, 9.17) is 5.73 Å². The third kappa shape index (κ3) is 2.63. The summed E-state index contributed by atoms with van der Waals surface area (Å²) in [5, 5.41) is 7.60. The van der Waals surface area contributed by atoms with Crippen LogP contribution >= 0.6 is 0 Å². The third-order valence-corrected chi connectivity index (χ3v) is 5.36. The van der Waals surface area contributed by atoms with Gasteiger partial charge in [0.1, 0.15) is 5.82 Å². The predicted molar refractivity (Wildman–Crippen MR) is 78.4 cm³/mol. The topological polar surface area (TPSA) is 90.0 Å². The van der Waals surface area contributed by atoms with Gasteiger partial charge in [-0.25, -0.2) is 13.1 Å². The van der Waals surface area contributed by atoms with E-state index in [9.17, 15) is 8.42 Å². The summed E-state index contributed by atoms with van der Waals surface area (Å²) >= 11 is 0. The van der Waals surface area contributed by atoms with Gasteiger partial charge >= 0.3 is 0 Å². The zero-order chi connectivity index (χ0) is 14.5. The van der Waals surface area contributed by atoms with Crippen LogP contribution in [0.4, 0.5) is 11.6 Å². The van der Waals surface area contributed by atoms with Gasteiger partial charge in [-0.3, -0.25) is 0 Å². The minimum absolute atomic E-state index is 0.158. The van der Waals surface area contributed by atoms with Crippen molar-refractivity contribution in [2.45, 2.75) is 43.5 Å². The molecule has 0 bridgehead atoms. The molecule has 0 amide bonds. The number of anilines is 2. The molecule has 20 heavy (non-hydrogen) atoms. The SMILES string of the molecule is CC(C1CC1)n1nc(NCC2CC2)c(S(C)(=O)=O)c1N. The van der Waals surface area contributed by atoms with Crippen molar-refractivity contribution in [3.8, 4) is 0 Å². The number of aromatic nitrogens is 2. The van der Waals surface area contributed by atoms with Crippen LogP contribution in [-0.4, -0.2) is 31.0 Å². The van der Waals surface area contributed by atoms with Crippen molar-refractivity contribution >= 4 is 21.5 Å². The number of nitrogens with one attached hydrogen (secondary N) is 1. The minimum atomic E-state index is -3.38. The summed E-state index contributed by atoms with van der Waals surface area (Å²) in [7, 11) is -3.38. The van der Waals surface area contributed by atoms with E-state index in [0.717, 1.165) is 6.54 Å². The van der Waals surface area contributed by atoms with E-state index in [1.54, 1.807) is 4.68 Å². The second kappa shape index (κ2) is 4.65. The van der Waals surface area contributed by atoms with Gasteiger partial charge in [0.15, 0.2) is 20.6 Å². The quantitative estimate of drug-likeness (QED) is 0.833. The van der Waals surface area contributed by atoms with Gasteiger partial charge < -0.3 is 11.1 Å². The van der Waals surface area contributed by atoms with Crippen molar-refractivity contribution < 1.29 is 8.42 Å². The molecule has 1 atom stereocenters. The normalized spacial score (nSPS) is 20.9.